The van der Waals surface area contributed by atoms with Crippen LogP contribution in [0.25, 0.3) is 5.70 Å². The number of nitriles is 1. The van der Waals surface area contributed by atoms with Gasteiger partial charge in [0.15, 0.2) is 5.56 Å². The van der Waals surface area contributed by atoms with E-state index in [1.807, 2.05) is 6.07 Å². The fraction of sp³-hybridized carbons (Fsp3) is 0.125. The van der Waals surface area contributed by atoms with Crippen LogP contribution in [-0.4, -0.2) is 27.5 Å². The van der Waals surface area contributed by atoms with Gasteiger partial charge in [0.05, 0.1) is 23.5 Å². The van der Waals surface area contributed by atoms with Gasteiger partial charge in [0, 0.05) is 11.3 Å². The molecule has 3 N–H and O–H groups in total. The Morgan fingerprint density at radius 2 is 2.27 bits per heavy atom. The quantitative estimate of drug-likeness (QED) is 0.609. The Hall–Kier alpha value is -3.45. The van der Waals surface area contributed by atoms with E-state index in [0.29, 0.717) is 17.8 Å². The fourth-order valence-electron chi connectivity index (χ4n) is 2.34. The Morgan fingerprint density at radius 1 is 1.46 bits per heavy atom. The van der Waals surface area contributed by atoms with E-state index >= 15 is 0 Å². The van der Waals surface area contributed by atoms with Crippen LogP contribution in [0.2, 0.25) is 0 Å². The molecule has 2 heterocycles. The van der Waals surface area contributed by atoms with E-state index in [-0.39, 0.29) is 22.8 Å². The molecule has 0 saturated heterocycles. The summed E-state index contributed by atoms with van der Waals surface area (Å²) >= 11 is 3.94. The van der Waals surface area contributed by atoms with Crippen molar-refractivity contribution in [2.24, 2.45) is 10.2 Å². The van der Waals surface area contributed by atoms with Crippen LogP contribution in [0.5, 0.6) is 5.88 Å². The van der Waals surface area contributed by atoms with E-state index in [0.717, 1.165) is 0 Å². The van der Waals surface area contributed by atoms with Gasteiger partial charge in [0.2, 0.25) is 5.88 Å². The van der Waals surface area contributed by atoms with Crippen LogP contribution in [0.15, 0.2) is 39.3 Å². The van der Waals surface area contributed by atoms with Gasteiger partial charge in [-0.3, -0.25) is 9.59 Å². The number of carbonyl (C=O) groups excluding carboxylic acids is 1. The average molecular weight is 368 g/mol. The molecule has 1 aromatic carbocycles. The summed E-state index contributed by atoms with van der Waals surface area (Å²) in [5.74, 6) is -1.36. The SMILES string of the molecule is N#Cc1cc(C2=CCN=N2)ccc1NC(=O)c1c(O)nc(CS)[nH]c1=O. The number of benzene rings is 1. The maximum absolute atomic E-state index is 12.4. The van der Waals surface area contributed by atoms with Crippen LogP contribution < -0.4 is 10.9 Å². The normalized spacial score (nSPS) is 12.5. The van der Waals surface area contributed by atoms with Crippen LogP contribution >= 0.6 is 12.6 Å². The number of carbonyl (C=O) groups is 1. The number of hydrogen-bond donors (Lipinski definition) is 4. The molecule has 0 aliphatic carbocycles. The summed E-state index contributed by atoms with van der Waals surface area (Å²) in [6, 6.07) is 6.71. The summed E-state index contributed by atoms with van der Waals surface area (Å²) in [6.07, 6.45) is 1.81. The van der Waals surface area contributed by atoms with Crippen LogP contribution in [0.3, 0.4) is 0 Å². The molecule has 2 aromatic rings. The first-order chi connectivity index (χ1) is 12.5. The molecule has 0 spiro atoms. The number of hydrogen-bond acceptors (Lipinski definition) is 8. The Bertz CT molecular complexity index is 1050. The fourth-order valence-corrected chi connectivity index (χ4v) is 2.49. The Labute approximate surface area is 152 Å². The molecule has 0 unspecified atom stereocenters. The zero-order chi connectivity index (χ0) is 18.7. The van der Waals surface area contributed by atoms with Gasteiger partial charge >= 0.3 is 0 Å². The summed E-state index contributed by atoms with van der Waals surface area (Å²) in [5.41, 5.74) is 0.339. The lowest BCUT2D eigenvalue weighted by Crippen LogP contribution is -2.25. The lowest BCUT2D eigenvalue weighted by atomic mass is 10.1. The first kappa shape index (κ1) is 17.4. The zero-order valence-corrected chi connectivity index (χ0v) is 14.1. The number of aromatic hydroxyl groups is 1. The van der Waals surface area contributed by atoms with Crippen LogP contribution in [0.1, 0.15) is 27.3 Å². The number of H-pyrrole nitrogens is 1. The number of thiol groups is 1. The predicted molar refractivity (Wildman–Crippen MR) is 96.0 cm³/mol. The maximum Gasteiger partial charge on any atom is 0.267 e. The number of aromatic amines is 1. The van der Waals surface area contributed by atoms with E-state index in [4.69, 9.17) is 0 Å². The van der Waals surface area contributed by atoms with Crippen molar-refractivity contribution in [2.75, 3.05) is 11.9 Å². The smallest absolute Gasteiger partial charge is 0.267 e. The van der Waals surface area contributed by atoms with Crippen molar-refractivity contribution in [1.82, 2.24) is 9.97 Å². The maximum atomic E-state index is 12.4. The van der Waals surface area contributed by atoms with Crippen LogP contribution in [0.4, 0.5) is 5.69 Å². The molecule has 1 aliphatic rings. The number of nitrogens with zero attached hydrogens (tertiary/aromatic N) is 4. The third-order valence-corrected chi connectivity index (χ3v) is 3.85. The minimum Gasteiger partial charge on any atom is -0.493 e. The summed E-state index contributed by atoms with van der Waals surface area (Å²) < 4.78 is 0. The minimum absolute atomic E-state index is 0.0952. The van der Waals surface area contributed by atoms with Crippen molar-refractivity contribution in [3.63, 3.8) is 0 Å². The second-order valence-corrected chi connectivity index (χ2v) is 5.53. The number of anilines is 1. The molecule has 3 rings (SSSR count). The van der Waals surface area contributed by atoms with E-state index in [1.54, 1.807) is 18.2 Å². The number of aromatic nitrogens is 2. The van der Waals surface area contributed by atoms with E-state index in [9.17, 15) is 20.0 Å². The van der Waals surface area contributed by atoms with Crippen molar-refractivity contribution in [2.45, 2.75) is 5.75 Å². The molecule has 10 heteroatoms. The van der Waals surface area contributed by atoms with E-state index in [2.05, 4.69) is 38.1 Å². The second-order valence-electron chi connectivity index (χ2n) is 5.21. The lowest BCUT2D eigenvalue weighted by Gasteiger charge is -2.09. The second kappa shape index (κ2) is 7.20. The lowest BCUT2D eigenvalue weighted by molar-refractivity contribution is 0.102. The average Bonchev–Trinajstić information content (AvgIpc) is 3.16. The molecule has 26 heavy (non-hydrogen) atoms. The molecule has 9 nitrogen and oxygen atoms in total. The van der Waals surface area contributed by atoms with Gasteiger partial charge < -0.3 is 15.4 Å². The first-order valence-corrected chi connectivity index (χ1v) is 8.03. The highest BCUT2D eigenvalue weighted by Gasteiger charge is 2.20. The third kappa shape index (κ3) is 3.33. The molecule has 0 bridgehead atoms. The van der Waals surface area contributed by atoms with Gasteiger partial charge in [0.25, 0.3) is 11.5 Å². The number of nitrogens with one attached hydrogen (secondary N) is 2. The van der Waals surface area contributed by atoms with Crippen molar-refractivity contribution in [3.05, 3.63) is 57.1 Å². The van der Waals surface area contributed by atoms with Crippen LogP contribution in [0, 0.1) is 11.3 Å². The van der Waals surface area contributed by atoms with Crippen LogP contribution in [-0.2, 0) is 5.75 Å². The molecule has 0 saturated carbocycles. The van der Waals surface area contributed by atoms with E-state index < -0.39 is 22.9 Å². The van der Waals surface area contributed by atoms with Crippen molar-refractivity contribution in [3.8, 4) is 11.9 Å². The van der Waals surface area contributed by atoms with Gasteiger partial charge in [-0.15, -0.1) is 0 Å². The Kier molecular flexibility index (Phi) is 4.81. The molecular weight excluding hydrogens is 356 g/mol. The molecule has 130 valence electrons. The number of amides is 1. The Morgan fingerprint density at radius 3 is 2.88 bits per heavy atom. The zero-order valence-electron chi connectivity index (χ0n) is 13.2. The highest BCUT2D eigenvalue weighted by molar-refractivity contribution is 7.79. The molecule has 0 fully saturated rings. The summed E-state index contributed by atoms with van der Waals surface area (Å²) in [7, 11) is 0. The standard InChI is InChI=1S/C16H12N6O3S/c17-6-9-5-8(11-3-4-18-22-11)1-2-10(9)19-14(23)13-15(24)20-12(7-26)21-16(13)25/h1-3,5,26H,4,7H2,(H,19,23)(H2,20,21,24,25). The van der Waals surface area contributed by atoms with Crippen molar-refractivity contribution >= 4 is 29.9 Å². The highest BCUT2D eigenvalue weighted by Crippen LogP contribution is 2.25. The topological polar surface area (TPSA) is 144 Å². The van der Waals surface area contributed by atoms with Gasteiger partial charge in [-0.05, 0) is 18.2 Å². The summed E-state index contributed by atoms with van der Waals surface area (Å²) in [6.45, 7) is 0.479. The molecule has 1 aliphatic heterocycles. The third-order valence-electron chi connectivity index (χ3n) is 3.55. The van der Waals surface area contributed by atoms with Gasteiger partial charge in [-0.2, -0.15) is 33.1 Å². The van der Waals surface area contributed by atoms with E-state index in [1.165, 1.54) is 6.07 Å². The predicted octanol–water partition coefficient (Wildman–Crippen LogP) is 1.84. The largest absolute Gasteiger partial charge is 0.493 e. The summed E-state index contributed by atoms with van der Waals surface area (Å²) in [4.78, 5) is 30.4. The van der Waals surface area contributed by atoms with Crippen molar-refractivity contribution < 1.29 is 9.90 Å². The summed E-state index contributed by atoms with van der Waals surface area (Å²) in [5, 5.41) is 29.4. The highest BCUT2D eigenvalue weighted by atomic mass is 32.1. The first-order valence-electron chi connectivity index (χ1n) is 7.40. The number of rotatable bonds is 4. The minimum atomic E-state index is -0.883. The molecule has 1 amide bonds. The van der Waals surface area contributed by atoms with Gasteiger partial charge in [-0.1, -0.05) is 6.07 Å². The molecule has 0 atom stereocenters. The van der Waals surface area contributed by atoms with Gasteiger partial charge in [-0.25, -0.2) is 0 Å². The molecular formula is C16H12N6O3S. The van der Waals surface area contributed by atoms with Gasteiger partial charge in [0.1, 0.15) is 11.9 Å². The van der Waals surface area contributed by atoms with Crippen molar-refractivity contribution in [1.29, 1.82) is 5.26 Å². The Balaban J connectivity index is 1.92. The molecule has 1 aromatic heterocycles. The monoisotopic (exact) mass is 368 g/mol. The molecule has 0 radical (unpaired) electrons. The number of azo groups is 1.